The van der Waals surface area contributed by atoms with Crippen LogP contribution in [-0.4, -0.2) is 27.4 Å². The van der Waals surface area contributed by atoms with E-state index in [4.69, 9.17) is 0 Å². The van der Waals surface area contributed by atoms with Crippen molar-refractivity contribution in [2.24, 2.45) is 17.8 Å². The number of fused-ring (bicyclic) bond motifs is 1. The zero-order valence-corrected chi connectivity index (χ0v) is 17.7. The van der Waals surface area contributed by atoms with Gasteiger partial charge in [0.05, 0.1) is 12.2 Å². The van der Waals surface area contributed by atoms with E-state index in [-0.39, 0.29) is 29.2 Å². The predicted molar refractivity (Wildman–Crippen MR) is 113 cm³/mol. The molecule has 5 nitrogen and oxygen atoms in total. The van der Waals surface area contributed by atoms with Gasteiger partial charge < -0.3 is 10.6 Å². The van der Waals surface area contributed by atoms with Crippen molar-refractivity contribution in [1.82, 2.24) is 15.1 Å². The average molecular weight is 445 g/mol. The summed E-state index contributed by atoms with van der Waals surface area (Å²) < 4.78 is 42.7. The summed E-state index contributed by atoms with van der Waals surface area (Å²) in [5.74, 6) is 1.85. The number of hydrogen-bond donors (Lipinski definition) is 2. The summed E-state index contributed by atoms with van der Waals surface area (Å²) in [6, 6.07) is 6.77. The molecule has 4 bridgehead atoms. The molecule has 8 heteroatoms. The highest BCUT2D eigenvalue weighted by Crippen LogP contribution is 2.55. The van der Waals surface area contributed by atoms with E-state index in [2.05, 4.69) is 15.7 Å². The number of halogens is 3. The van der Waals surface area contributed by atoms with Crippen molar-refractivity contribution in [3.63, 3.8) is 0 Å². The standard InChI is InChI=1S/C24H27F3N4O/c25-24(26,27)20-9-19(17-4-2-1-3-5-17)29-21-18(13-28-31(20)21)22(32)30-23-10-14-6-15(11-23)8-16(7-14)12-23/h1-5,13-16,19-20,29H,6-12H2,(H,30,32)/t14?,15?,16?,19-,20+,23?/m1/s1. The third-order valence-corrected chi connectivity index (χ3v) is 8.10. The molecule has 2 heterocycles. The fourth-order valence-corrected chi connectivity index (χ4v) is 7.20. The van der Waals surface area contributed by atoms with Crippen LogP contribution in [-0.2, 0) is 0 Å². The summed E-state index contributed by atoms with van der Waals surface area (Å²) in [5, 5.41) is 10.5. The topological polar surface area (TPSA) is 59.0 Å². The van der Waals surface area contributed by atoms with Gasteiger partial charge in [-0.1, -0.05) is 30.3 Å². The minimum absolute atomic E-state index is 0.162. The van der Waals surface area contributed by atoms with Crippen molar-refractivity contribution < 1.29 is 18.0 Å². The highest BCUT2D eigenvalue weighted by atomic mass is 19.4. The molecule has 5 aliphatic rings. The lowest BCUT2D eigenvalue weighted by Gasteiger charge is -2.56. The van der Waals surface area contributed by atoms with E-state index in [1.54, 1.807) is 0 Å². The Morgan fingerprint density at radius 2 is 1.66 bits per heavy atom. The number of carbonyl (C=O) groups excluding carboxylic acids is 1. The monoisotopic (exact) mass is 444 g/mol. The molecule has 0 saturated heterocycles. The molecule has 1 aliphatic heterocycles. The third-order valence-electron chi connectivity index (χ3n) is 8.10. The van der Waals surface area contributed by atoms with Crippen LogP contribution >= 0.6 is 0 Å². The van der Waals surface area contributed by atoms with E-state index < -0.39 is 18.3 Å². The maximum atomic E-state index is 13.9. The summed E-state index contributed by atoms with van der Waals surface area (Å²) in [5.41, 5.74) is 0.759. The normalized spacial score (nSPS) is 35.3. The quantitative estimate of drug-likeness (QED) is 0.681. The fraction of sp³-hybridized carbons (Fsp3) is 0.583. The third kappa shape index (κ3) is 3.30. The lowest BCUT2D eigenvalue weighted by Crippen LogP contribution is -2.59. The molecule has 0 unspecified atom stereocenters. The van der Waals surface area contributed by atoms with Crippen LogP contribution in [0.3, 0.4) is 0 Å². The molecule has 4 aliphatic carbocycles. The summed E-state index contributed by atoms with van der Waals surface area (Å²) in [4.78, 5) is 13.4. The van der Waals surface area contributed by atoms with Crippen molar-refractivity contribution in [3.8, 4) is 0 Å². The first-order valence-electron chi connectivity index (χ1n) is 11.6. The van der Waals surface area contributed by atoms with Crippen molar-refractivity contribution in [1.29, 1.82) is 0 Å². The number of amides is 1. The van der Waals surface area contributed by atoms with Crippen LogP contribution in [0.5, 0.6) is 0 Å². The minimum atomic E-state index is -4.45. The SMILES string of the molecule is O=C(NC12CC3CC(CC(C3)C1)C2)c1cnn2c1N[C@@H](c1ccccc1)C[C@H]2C(F)(F)F. The molecule has 2 atom stereocenters. The first kappa shape index (κ1) is 20.1. The van der Waals surface area contributed by atoms with Crippen molar-refractivity contribution >= 4 is 11.7 Å². The molecule has 1 amide bonds. The fourth-order valence-electron chi connectivity index (χ4n) is 7.20. The zero-order chi connectivity index (χ0) is 22.1. The number of rotatable bonds is 3. The second kappa shape index (κ2) is 6.99. The Balaban J connectivity index is 1.31. The highest BCUT2D eigenvalue weighted by Gasteiger charge is 2.52. The van der Waals surface area contributed by atoms with E-state index in [0.717, 1.165) is 29.5 Å². The maximum absolute atomic E-state index is 13.9. The molecule has 4 saturated carbocycles. The molecular formula is C24H27F3N4O. The number of aromatic nitrogens is 2. The van der Waals surface area contributed by atoms with Crippen LogP contribution in [0.2, 0.25) is 0 Å². The Morgan fingerprint density at radius 3 is 2.25 bits per heavy atom. The van der Waals surface area contributed by atoms with Gasteiger partial charge in [0.2, 0.25) is 0 Å². The van der Waals surface area contributed by atoms with Gasteiger partial charge >= 0.3 is 6.18 Å². The van der Waals surface area contributed by atoms with Crippen LogP contribution < -0.4 is 10.6 Å². The van der Waals surface area contributed by atoms with Gasteiger partial charge in [0.25, 0.3) is 5.91 Å². The van der Waals surface area contributed by atoms with Crippen molar-refractivity contribution in [2.45, 2.75) is 68.7 Å². The van der Waals surface area contributed by atoms with Gasteiger partial charge in [-0.3, -0.25) is 4.79 Å². The average Bonchev–Trinajstić information content (AvgIpc) is 3.15. The molecule has 4 fully saturated rings. The molecular weight excluding hydrogens is 417 g/mol. The predicted octanol–water partition coefficient (Wildman–Crippen LogP) is 5.24. The number of carbonyl (C=O) groups is 1. The molecule has 32 heavy (non-hydrogen) atoms. The second-order valence-corrected chi connectivity index (χ2v) is 10.4. The lowest BCUT2D eigenvalue weighted by atomic mass is 9.53. The van der Waals surface area contributed by atoms with Gasteiger partial charge in [0, 0.05) is 12.0 Å². The minimum Gasteiger partial charge on any atom is -0.363 e. The van der Waals surface area contributed by atoms with Crippen LogP contribution in [0, 0.1) is 17.8 Å². The van der Waals surface area contributed by atoms with E-state index in [1.807, 2.05) is 30.3 Å². The molecule has 7 rings (SSSR count). The van der Waals surface area contributed by atoms with Gasteiger partial charge in [-0.05, 0) is 61.8 Å². The molecule has 1 aromatic heterocycles. The van der Waals surface area contributed by atoms with Crippen LogP contribution in [0.15, 0.2) is 36.5 Å². The Hall–Kier alpha value is -2.51. The smallest absolute Gasteiger partial charge is 0.363 e. The van der Waals surface area contributed by atoms with Crippen LogP contribution in [0.25, 0.3) is 0 Å². The Kier molecular flexibility index (Phi) is 4.40. The van der Waals surface area contributed by atoms with Gasteiger partial charge in [-0.2, -0.15) is 18.3 Å². The lowest BCUT2D eigenvalue weighted by molar-refractivity contribution is -0.173. The largest absolute Gasteiger partial charge is 0.410 e. The van der Waals surface area contributed by atoms with E-state index in [9.17, 15) is 18.0 Å². The second-order valence-electron chi connectivity index (χ2n) is 10.4. The Bertz CT molecular complexity index is 996. The molecule has 2 aromatic rings. The Morgan fingerprint density at radius 1 is 1.03 bits per heavy atom. The number of nitrogens with zero attached hydrogens (tertiary/aromatic N) is 2. The zero-order valence-electron chi connectivity index (χ0n) is 17.7. The van der Waals surface area contributed by atoms with Gasteiger partial charge in [-0.25, -0.2) is 4.68 Å². The first-order valence-corrected chi connectivity index (χ1v) is 11.6. The van der Waals surface area contributed by atoms with Crippen molar-refractivity contribution in [3.05, 3.63) is 47.7 Å². The van der Waals surface area contributed by atoms with E-state index >= 15 is 0 Å². The van der Waals surface area contributed by atoms with Crippen LogP contribution in [0.4, 0.5) is 19.0 Å². The molecule has 0 radical (unpaired) electrons. The number of hydrogen-bond acceptors (Lipinski definition) is 3. The van der Waals surface area contributed by atoms with Crippen molar-refractivity contribution in [2.75, 3.05) is 5.32 Å². The van der Waals surface area contributed by atoms with Crippen LogP contribution in [0.1, 0.15) is 73.0 Å². The first-order chi connectivity index (χ1) is 15.3. The Labute approximate surface area is 184 Å². The summed E-state index contributed by atoms with van der Waals surface area (Å²) in [7, 11) is 0. The summed E-state index contributed by atoms with van der Waals surface area (Å²) in [6.07, 6.45) is 3.40. The highest BCUT2D eigenvalue weighted by molar-refractivity contribution is 5.99. The van der Waals surface area contributed by atoms with E-state index in [1.165, 1.54) is 25.5 Å². The molecule has 170 valence electrons. The maximum Gasteiger partial charge on any atom is 0.410 e. The van der Waals surface area contributed by atoms with Gasteiger partial charge in [0.15, 0.2) is 6.04 Å². The molecule has 2 N–H and O–H groups in total. The van der Waals surface area contributed by atoms with Gasteiger partial charge in [-0.15, -0.1) is 0 Å². The number of alkyl halides is 3. The number of anilines is 1. The number of benzene rings is 1. The van der Waals surface area contributed by atoms with E-state index in [0.29, 0.717) is 17.8 Å². The number of nitrogens with one attached hydrogen (secondary N) is 2. The summed E-state index contributed by atoms with van der Waals surface area (Å²) in [6.45, 7) is 0. The molecule has 0 spiro atoms. The summed E-state index contributed by atoms with van der Waals surface area (Å²) >= 11 is 0. The molecule has 1 aromatic carbocycles. The van der Waals surface area contributed by atoms with Gasteiger partial charge in [0.1, 0.15) is 11.4 Å².